The van der Waals surface area contributed by atoms with E-state index in [0.29, 0.717) is 11.4 Å². The van der Waals surface area contributed by atoms with Crippen LogP contribution in [0, 0.1) is 19.7 Å². The molecule has 0 spiro atoms. The maximum Gasteiger partial charge on any atom is 0.141 e. The minimum Gasteiger partial charge on any atom is -0.399 e. The number of halogens is 1. The van der Waals surface area contributed by atoms with Crippen LogP contribution in [0.1, 0.15) is 16.7 Å². The van der Waals surface area contributed by atoms with Gasteiger partial charge in [0.2, 0.25) is 0 Å². The molecule has 2 aromatic rings. The van der Waals surface area contributed by atoms with Gasteiger partial charge in [0, 0.05) is 5.69 Å². The molecule has 0 heterocycles. The number of benzene rings is 2. The average molecular weight is 277 g/mol. The molecule has 2 rings (SSSR count). The Labute approximate surface area is 114 Å². The van der Waals surface area contributed by atoms with Crippen LogP contribution in [0.2, 0.25) is 0 Å². The van der Waals surface area contributed by atoms with E-state index in [0.717, 1.165) is 11.1 Å². The van der Waals surface area contributed by atoms with Gasteiger partial charge < -0.3 is 5.73 Å². The largest absolute Gasteiger partial charge is 0.399 e. The first-order chi connectivity index (χ1) is 8.97. The topological polar surface area (TPSA) is 43.1 Å². The van der Waals surface area contributed by atoms with Gasteiger partial charge in [-0.2, -0.15) is 0 Å². The van der Waals surface area contributed by atoms with Crippen LogP contribution in [-0.4, -0.2) is 4.21 Å². The van der Waals surface area contributed by atoms with Gasteiger partial charge in [0.05, 0.1) is 21.4 Å². The highest BCUT2D eigenvalue weighted by atomic mass is 32.2. The van der Waals surface area contributed by atoms with Crippen molar-refractivity contribution in [2.75, 3.05) is 5.73 Å². The lowest BCUT2D eigenvalue weighted by Gasteiger charge is -2.07. The van der Waals surface area contributed by atoms with Gasteiger partial charge in [-0.15, -0.1) is 0 Å². The second-order valence-electron chi connectivity index (χ2n) is 4.60. The number of anilines is 1. The Morgan fingerprint density at radius 3 is 2.47 bits per heavy atom. The van der Waals surface area contributed by atoms with Crippen molar-refractivity contribution in [1.29, 1.82) is 0 Å². The molecule has 0 fully saturated rings. The Hall–Kier alpha value is -1.68. The van der Waals surface area contributed by atoms with Crippen LogP contribution in [0.3, 0.4) is 0 Å². The van der Waals surface area contributed by atoms with E-state index in [1.165, 1.54) is 17.7 Å². The Balaban J connectivity index is 2.23. The summed E-state index contributed by atoms with van der Waals surface area (Å²) in [5.74, 6) is -0.204. The monoisotopic (exact) mass is 277 g/mol. The molecule has 0 aromatic heterocycles. The van der Waals surface area contributed by atoms with Crippen molar-refractivity contribution < 1.29 is 8.60 Å². The van der Waals surface area contributed by atoms with Crippen molar-refractivity contribution >= 4 is 16.5 Å². The second-order valence-corrected chi connectivity index (χ2v) is 6.02. The minimum absolute atomic E-state index is 0.201. The molecule has 19 heavy (non-hydrogen) atoms. The third-order valence-electron chi connectivity index (χ3n) is 3.07. The minimum atomic E-state index is -1.40. The van der Waals surface area contributed by atoms with Crippen molar-refractivity contribution in [2.45, 2.75) is 24.5 Å². The normalized spacial score (nSPS) is 12.4. The van der Waals surface area contributed by atoms with E-state index in [1.807, 2.05) is 32.0 Å². The molecule has 1 unspecified atom stereocenters. The molecule has 4 heteroatoms. The van der Waals surface area contributed by atoms with Crippen molar-refractivity contribution in [3.05, 3.63) is 58.9 Å². The molecule has 2 aromatic carbocycles. The van der Waals surface area contributed by atoms with E-state index in [4.69, 9.17) is 5.73 Å². The molecular formula is C15H16FNOS. The van der Waals surface area contributed by atoms with E-state index < -0.39 is 16.6 Å². The average Bonchev–Trinajstić information content (AvgIpc) is 2.33. The first kappa shape index (κ1) is 13.7. The van der Waals surface area contributed by atoms with E-state index in [1.54, 1.807) is 6.07 Å². The van der Waals surface area contributed by atoms with Crippen LogP contribution in [0.4, 0.5) is 10.1 Å². The zero-order valence-corrected chi connectivity index (χ0v) is 11.8. The summed E-state index contributed by atoms with van der Waals surface area (Å²) in [5.41, 5.74) is 9.09. The SMILES string of the molecule is Cc1ccc(CS(=O)c2ccc(N)cc2F)cc1C. The van der Waals surface area contributed by atoms with Crippen LogP contribution < -0.4 is 5.73 Å². The molecular weight excluding hydrogens is 261 g/mol. The fourth-order valence-electron chi connectivity index (χ4n) is 1.82. The number of rotatable bonds is 3. The van der Waals surface area contributed by atoms with Crippen LogP contribution >= 0.6 is 0 Å². The lowest BCUT2D eigenvalue weighted by Crippen LogP contribution is -2.01. The number of nitrogen functional groups attached to an aromatic ring is 1. The summed E-state index contributed by atoms with van der Waals surface area (Å²) in [4.78, 5) is 0.201. The number of hydrogen-bond donors (Lipinski definition) is 1. The molecule has 0 aliphatic heterocycles. The molecule has 0 amide bonds. The summed E-state index contributed by atoms with van der Waals surface area (Å²) in [7, 11) is -1.40. The van der Waals surface area contributed by atoms with Crippen LogP contribution in [0.15, 0.2) is 41.3 Å². The maximum absolute atomic E-state index is 13.7. The third-order valence-corrected chi connectivity index (χ3v) is 4.49. The molecule has 0 aliphatic carbocycles. The summed E-state index contributed by atoms with van der Waals surface area (Å²) in [6.07, 6.45) is 0. The van der Waals surface area contributed by atoms with Gasteiger partial charge in [-0.25, -0.2) is 4.39 Å². The molecule has 1 atom stereocenters. The zero-order chi connectivity index (χ0) is 14.0. The van der Waals surface area contributed by atoms with Gasteiger partial charge in [-0.05, 0) is 48.7 Å². The van der Waals surface area contributed by atoms with Gasteiger partial charge in [0.25, 0.3) is 0 Å². The number of aryl methyl sites for hydroxylation is 2. The molecule has 100 valence electrons. The molecule has 0 aliphatic rings. The highest BCUT2D eigenvalue weighted by Gasteiger charge is 2.11. The first-order valence-electron chi connectivity index (χ1n) is 5.97. The number of hydrogen-bond acceptors (Lipinski definition) is 2. The molecule has 2 N–H and O–H groups in total. The van der Waals surface area contributed by atoms with Crippen molar-refractivity contribution in [3.63, 3.8) is 0 Å². The summed E-state index contributed by atoms with van der Waals surface area (Å²) in [5, 5.41) is 0. The Kier molecular flexibility index (Phi) is 4.00. The van der Waals surface area contributed by atoms with Crippen molar-refractivity contribution in [2.24, 2.45) is 0 Å². The molecule has 0 bridgehead atoms. The quantitative estimate of drug-likeness (QED) is 0.874. The van der Waals surface area contributed by atoms with Gasteiger partial charge in [-0.1, -0.05) is 18.2 Å². The molecule has 0 saturated carbocycles. The molecule has 2 nitrogen and oxygen atoms in total. The van der Waals surface area contributed by atoms with E-state index in [-0.39, 0.29) is 4.90 Å². The lowest BCUT2D eigenvalue weighted by molar-refractivity contribution is 0.596. The smallest absolute Gasteiger partial charge is 0.141 e. The molecule has 0 radical (unpaired) electrons. The predicted octanol–water partition coefficient (Wildman–Crippen LogP) is 3.33. The summed E-state index contributed by atoms with van der Waals surface area (Å²) in [6.45, 7) is 4.03. The van der Waals surface area contributed by atoms with Crippen LogP contribution in [0.25, 0.3) is 0 Å². The summed E-state index contributed by atoms with van der Waals surface area (Å²) in [6, 6.07) is 10.2. The van der Waals surface area contributed by atoms with Gasteiger partial charge in [0.1, 0.15) is 5.82 Å². The zero-order valence-electron chi connectivity index (χ0n) is 10.9. The lowest BCUT2D eigenvalue weighted by atomic mass is 10.1. The van der Waals surface area contributed by atoms with Gasteiger partial charge >= 0.3 is 0 Å². The van der Waals surface area contributed by atoms with Gasteiger partial charge in [-0.3, -0.25) is 4.21 Å². The van der Waals surface area contributed by atoms with Crippen LogP contribution in [0.5, 0.6) is 0 Å². The van der Waals surface area contributed by atoms with Gasteiger partial charge in [0.15, 0.2) is 0 Å². The maximum atomic E-state index is 13.7. The Morgan fingerprint density at radius 1 is 1.11 bits per heavy atom. The van der Waals surface area contributed by atoms with Crippen LogP contribution in [-0.2, 0) is 16.6 Å². The van der Waals surface area contributed by atoms with E-state index >= 15 is 0 Å². The van der Waals surface area contributed by atoms with Crippen molar-refractivity contribution in [3.8, 4) is 0 Å². The second kappa shape index (κ2) is 5.53. The van der Waals surface area contributed by atoms with Crippen molar-refractivity contribution in [1.82, 2.24) is 0 Å². The standard InChI is InChI=1S/C15H16FNOS/c1-10-3-4-12(7-11(10)2)9-19(18)15-6-5-13(17)8-14(15)16/h3-8H,9,17H2,1-2H3. The van der Waals surface area contributed by atoms with E-state index in [2.05, 4.69) is 0 Å². The fraction of sp³-hybridized carbons (Fsp3) is 0.200. The summed E-state index contributed by atoms with van der Waals surface area (Å²) < 4.78 is 25.8. The highest BCUT2D eigenvalue weighted by Crippen LogP contribution is 2.19. The predicted molar refractivity (Wildman–Crippen MR) is 76.8 cm³/mol. The summed E-state index contributed by atoms with van der Waals surface area (Å²) >= 11 is 0. The Bertz CT molecular complexity index is 640. The Morgan fingerprint density at radius 2 is 1.84 bits per heavy atom. The fourth-order valence-corrected chi connectivity index (χ4v) is 2.96. The highest BCUT2D eigenvalue weighted by molar-refractivity contribution is 7.84. The third kappa shape index (κ3) is 3.20. The first-order valence-corrected chi connectivity index (χ1v) is 7.29. The van der Waals surface area contributed by atoms with E-state index in [9.17, 15) is 8.60 Å². The number of nitrogens with two attached hydrogens (primary N) is 1. The molecule has 0 saturated heterocycles.